The molecule has 1 heterocycles. The van der Waals surface area contributed by atoms with Gasteiger partial charge in [0.2, 0.25) is 11.7 Å². The number of nitrogens with one attached hydrogen (secondary N) is 2. The number of carbonyl (C=O) groups excluding carboxylic acids is 2. The number of ether oxygens (including phenoxy) is 1. The van der Waals surface area contributed by atoms with Gasteiger partial charge in [0.1, 0.15) is 5.82 Å². The molecule has 0 fully saturated rings. The fraction of sp³-hybridized carbons (Fsp3) is 0.400. The Morgan fingerprint density at radius 3 is 2.88 bits per heavy atom. The van der Waals surface area contributed by atoms with Gasteiger partial charge in [-0.3, -0.25) is 4.79 Å². The molecule has 1 aromatic rings. The van der Waals surface area contributed by atoms with Crippen molar-refractivity contribution in [1.82, 2.24) is 15.3 Å². The van der Waals surface area contributed by atoms with Gasteiger partial charge < -0.3 is 15.4 Å². The Morgan fingerprint density at radius 1 is 1.47 bits per heavy atom. The fourth-order valence-electron chi connectivity index (χ4n) is 1.08. The highest BCUT2D eigenvalue weighted by Gasteiger charge is 2.09. The van der Waals surface area contributed by atoms with Crippen molar-refractivity contribution in [3.05, 3.63) is 18.1 Å². The number of methoxy groups -OCH3 is 1. The van der Waals surface area contributed by atoms with E-state index >= 15 is 0 Å². The molecule has 0 bridgehead atoms. The minimum absolute atomic E-state index is 0.0478. The molecule has 0 unspecified atom stereocenters. The number of likely N-dealkylation sites (N-methyl/N-ethyl adjacent to an activating group) is 1. The average Bonchev–Trinajstić information content (AvgIpc) is 2.36. The maximum absolute atomic E-state index is 11.2. The van der Waals surface area contributed by atoms with Crippen LogP contribution in [0.15, 0.2) is 12.3 Å². The summed E-state index contributed by atoms with van der Waals surface area (Å²) >= 11 is 0. The van der Waals surface area contributed by atoms with Gasteiger partial charge in [-0.05, 0) is 13.0 Å². The normalized spacial score (nSPS) is 9.53. The van der Waals surface area contributed by atoms with E-state index in [4.69, 9.17) is 0 Å². The lowest BCUT2D eigenvalue weighted by molar-refractivity contribution is -0.119. The zero-order chi connectivity index (χ0) is 12.7. The van der Waals surface area contributed by atoms with E-state index in [0.717, 1.165) is 0 Å². The average molecular weight is 238 g/mol. The molecule has 1 aromatic heterocycles. The molecule has 1 rings (SSSR count). The number of hydrogen-bond donors (Lipinski definition) is 2. The molecule has 1 amide bonds. The van der Waals surface area contributed by atoms with Gasteiger partial charge in [0.05, 0.1) is 13.7 Å². The third kappa shape index (κ3) is 4.06. The SMILES string of the molecule is CCNC(=O)CNc1ccnc(C(=O)OC)n1. The van der Waals surface area contributed by atoms with Crippen molar-refractivity contribution < 1.29 is 14.3 Å². The van der Waals surface area contributed by atoms with E-state index in [1.807, 2.05) is 6.92 Å². The molecule has 0 aliphatic carbocycles. The summed E-state index contributed by atoms with van der Waals surface area (Å²) in [6.45, 7) is 2.49. The van der Waals surface area contributed by atoms with Crippen LogP contribution in [0.5, 0.6) is 0 Å². The van der Waals surface area contributed by atoms with Crippen LogP contribution in [0.1, 0.15) is 17.5 Å². The molecule has 0 aromatic carbocycles. The van der Waals surface area contributed by atoms with Gasteiger partial charge in [0.25, 0.3) is 0 Å². The summed E-state index contributed by atoms with van der Waals surface area (Å²) in [6, 6.07) is 1.56. The molecule has 0 spiro atoms. The number of hydrogen-bond acceptors (Lipinski definition) is 6. The summed E-state index contributed by atoms with van der Waals surface area (Å²) in [6.07, 6.45) is 1.42. The third-order valence-corrected chi connectivity index (χ3v) is 1.83. The van der Waals surface area contributed by atoms with Crippen molar-refractivity contribution in [3.8, 4) is 0 Å². The molecule has 0 saturated heterocycles. The molecular formula is C10H14N4O3. The van der Waals surface area contributed by atoms with Crippen LogP contribution in [0.4, 0.5) is 5.82 Å². The number of nitrogens with zero attached hydrogens (tertiary/aromatic N) is 2. The lowest BCUT2D eigenvalue weighted by Gasteiger charge is -2.06. The minimum atomic E-state index is -0.619. The van der Waals surface area contributed by atoms with Gasteiger partial charge in [-0.2, -0.15) is 0 Å². The van der Waals surface area contributed by atoms with E-state index < -0.39 is 5.97 Å². The van der Waals surface area contributed by atoms with Crippen molar-refractivity contribution in [2.75, 3.05) is 25.5 Å². The molecule has 0 aliphatic rings. The quantitative estimate of drug-likeness (QED) is 0.691. The highest BCUT2D eigenvalue weighted by Crippen LogP contribution is 2.02. The van der Waals surface area contributed by atoms with Crippen molar-refractivity contribution in [1.29, 1.82) is 0 Å². The molecule has 7 heteroatoms. The number of anilines is 1. The second-order valence-electron chi connectivity index (χ2n) is 3.06. The van der Waals surface area contributed by atoms with Crippen molar-refractivity contribution >= 4 is 17.7 Å². The first-order valence-corrected chi connectivity index (χ1v) is 5.09. The maximum atomic E-state index is 11.2. The Bertz CT molecular complexity index is 408. The van der Waals surface area contributed by atoms with E-state index in [1.54, 1.807) is 6.07 Å². The van der Waals surface area contributed by atoms with Crippen LogP contribution in [0.2, 0.25) is 0 Å². The Labute approximate surface area is 98.6 Å². The number of carbonyl (C=O) groups is 2. The van der Waals surface area contributed by atoms with Gasteiger partial charge in [-0.1, -0.05) is 0 Å². The van der Waals surface area contributed by atoms with Crippen LogP contribution in [-0.2, 0) is 9.53 Å². The van der Waals surface area contributed by atoms with Crippen LogP contribution in [0.25, 0.3) is 0 Å². The molecule has 0 saturated carbocycles. The molecule has 0 radical (unpaired) electrons. The molecule has 0 atom stereocenters. The van der Waals surface area contributed by atoms with E-state index in [9.17, 15) is 9.59 Å². The number of rotatable bonds is 5. The Hall–Kier alpha value is -2.18. The predicted molar refractivity (Wildman–Crippen MR) is 60.5 cm³/mol. The highest BCUT2D eigenvalue weighted by atomic mass is 16.5. The first-order chi connectivity index (χ1) is 8.17. The van der Waals surface area contributed by atoms with E-state index in [-0.39, 0.29) is 18.3 Å². The van der Waals surface area contributed by atoms with Crippen LogP contribution >= 0.6 is 0 Å². The van der Waals surface area contributed by atoms with E-state index in [2.05, 4.69) is 25.3 Å². The lowest BCUT2D eigenvalue weighted by Crippen LogP contribution is -2.29. The molecule has 2 N–H and O–H groups in total. The van der Waals surface area contributed by atoms with E-state index in [0.29, 0.717) is 12.4 Å². The standard InChI is InChI=1S/C10H14N4O3/c1-3-11-8(15)6-13-7-4-5-12-9(14-7)10(16)17-2/h4-5H,3,6H2,1-2H3,(H,11,15)(H,12,13,14). The Morgan fingerprint density at radius 2 is 2.24 bits per heavy atom. The highest BCUT2D eigenvalue weighted by molar-refractivity contribution is 5.85. The van der Waals surface area contributed by atoms with Crippen molar-refractivity contribution in [2.24, 2.45) is 0 Å². The van der Waals surface area contributed by atoms with Gasteiger partial charge in [0.15, 0.2) is 0 Å². The van der Waals surface area contributed by atoms with Gasteiger partial charge in [-0.25, -0.2) is 14.8 Å². The van der Waals surface area contributed by atoms with E-state index in [1.165, 1.54) is 13.3 Å². The largest absolute Gasteiger partial charge is 0.463 e. The van der Waals surface area contributed by atoms with Gasteiger partial charge in [-0.15, -0.1) is 0 Å². The number of aromatic nitrogens is 2. The molecule has 17 heavy (non-hydrogen) atoms. The third-order valence-electron chi connectivity index (χ3n) is 1.83. The summed E-state index contributed by atoms with van der Waals surface area (Å²) in [5, 5.41) is 5.41. The summed E-state index contributed by atoms with van der Waals surface area (Å²) in [5.74, 6) is -0.419. The topological polar surface area (TPSA) is 93.2 Å². The van der Waals surface area contributed by atoms with Gasteiger partial charge >= 0.3 is 5.97 Å². The van der Waals surface area contributed by atoms with Crippen LogP contribution in [0.3, 0.4) is 0 Å². The number of esters is 1. The monoisotopic (exact) mass is 238 g/mol. The first-order valence-electron chi connectivity index (χ1n) is 5.09. The first kappa shape index (κ1) is 12.9. The summed E-state index contributed by atoms with van der Waals surface area (Å²) < 4.78 is 4.48. The Balaban J connectivity index is 2.60. The fourth-order valence-corrected chi connectivity index (χ4v) is 1.08. The van der Waals surface area contributed by atoms with Gasteiger partial charge in [0, 0.05) is 12.7 Å². The molecule has 0 aliphatic heterocycles. The van der Waals surface area contributed by atoms with Crippen molar-refractivity contribution in [3.63, 3.8) is 0 Å². The van der Waals surface area contributed by atoms with Crippen molar-refractivity contribution in [2.45, 2.75) is 6.92 Å². The lowest BCUT2D eigenvalue weighted by atomic mass is 10.5. The second-order valence-corrected chi connectivity index (χ2v) is 3.06. The predicted octanol–water partition coefficient (Wildman–Crippen LogP) is -0.189. The molecular weight excluding hydrogens is 224 g/mol. The maximum Gasteiger partial charge on any atom is 0.376 e. The van der Waals surface area contributed by atoms with Crippen LogP contribution in [0, 0.1) is 0 Å². The number of amides is 1. The zero-order valence-electron chi connectivity index (χ0n) is 9.69. The molecule has 7 nitrogen and oxygen atoms in total. The Kier molecular flexibility index (Phi) is 4.86. The second kappa shape index (κ2) is 6.41. The minimum Gasteiger partial charge on any atom is -0.463 e. The van der Waals surface area contributed by atoms with Crippen LogP contribution in [-0.4, -0.2) is 42.0 Å². The molecule has 92 valence electrons. The summed E-state index contributed by atoms with van der Waals surface area (Å²) in [7, 11) is 1.25. The zero-order valence-corrected chi connectivity index (χ0v) is 9.69. The van der Waals surface area contributed by atoms with Crippen LogP contribution < -0.4 is 10.6 Å². The smallest absolute Gasteiger partial charge is 0.376 e. The summed E-state index contributed by atoms with van der Waals surface area (Å²) in [5.41, 5.74) is 0. The summed E-state index contributed by atoms with van der Waals surface area (Å²) in [4.78, 5) is 30.0.